The average molecular weight is 520 g/mol. The largest absolute Gasteiger partial charge is 1.00 e. The van der Waals surface area contributed by atoms with Crippen molar-refractivity contribution in [3.63, 3.8) is 0 Å². The second-order valence-corrected chi connectivity index (χ2v) is 6.71. The van der Waals surface area contributed by atoms with Gasteiger partial charge in [-0.3, -0.25) is 19.4 Å². The van der Waals surface area contributed by atoms with E-state index in [1.807, 2.05) is 0 Å². The molecular weight excluding hydrogens is 497 g/mol. The Labute approximate surface area is 227 Å². The van der Waals surface area contributed by atoms with E-state index < -0.39 is 29.4 Å². The van der Waals surface area contributed by atoms with Crippen molar-refractivity contribution < 1.29 is 61.1 Å². The van der Waals surface area contributed by atoms with Crippen molar-refractivity contribution in [1.29, 1.82) is 0 Å². The summed E-state index contributed by atoms with van der Waals surface area (Å²) in [6.45, 7) is 0.231. The Morgan fingerprint density at radius 3 is 2.40 bits per heavy atom. The summed E-state index contributed by atoms with van der Waals surface area (Å²) < 4.78 is 0. The molecule has 0 radical (unpaired) electrons. The second kappa shape index (κ2) is 14.2. The van der Waals surface area contributed by atoms with Gasteiger partial charge in [-0.1, -0.05) is 0 Å². The van der Waals surface area contributed by atoms with Crippen molar-refractivity contribution >= 4 is 53.1 Å². The quantitative estimate of drug-likeness (QED) is 0.152. The van der Waals surface area contributed by atoms with Crippen LogP contribution in [0.15, 0.2) is 35.3 Å². The van der Waals surface area contributed by atoms with E-state index in [-0.39, 0.29) is 90.9 Å². The van der Waals surface area contributed by atoms with E-state index in [0.29, 0.717) is 11.4 Å². The molecular formula is C19H23ClN7NaO7. The predicted octanol–water partition coefficient (Wildman–Crippen LogP) is -3.33. The standard InChI is InChI=1S/C19H19N7O6.ClH.Na.H2O.H/c20-19-25-15-14(17(30)26-19)23-11(8-22-15)7-21-10-3-1-9(2-4-10)16(29)24-12(18(31)32)5-6-13(27)28;;;;/h1-4,8,12,21H,5-7H2,(H,24,29)(H,27,28)(H,31,32)(H3,20,22,25,26,30);1H;;1H2;/q;;+1;;-1/t12-;;;;/m0..../s1. The molecule has 0 fully saturated rings. The van der Waals surface area contributed by atoms with Crippen LogP contribution in [0.3, 0.4) is 0 Å². The number of fused-ring (bicyclic) bond motifs is 1. The molecule has 3 rings (SSSR count). The minimum atomic E-state index is -1.31. The number of carboxylic acids is 2. The maximum atomic E-state index is 12.3. The number of carboxylic acid groups (broad SMARTS) is 2. The fourth-order valence-corrected chi connectivity index (χ4v) is 2.75. The molecule has 0 aliphatic heterocycles. The first-order valence-corrected chi connectivity index (χ1v) is 9.33. The molecule has 0 aliphatic carbocycles. The summed E-state index contributed by atoms with van der Waals surface area (Å²) >= 11 is 0. The first-order valence-electron chi connectivity index (χ1n) is 9.33. The number of nitrogens with one attached hydrogen (secondary N) is 3. The van der Waals surface area contributed by atoms with E-state index in [0.717, 1.165) is 0 Å². The molecule has 1 aromatic carbocycles. The van der Waals surface area contributed by atoms with Crippen molar-refractivity contribution in [1.82, 2.24) is 25.3 Å². The molecule has 35 heavy (non-hydrogen) atoms. The molecule has 1 atom stereocenters. The van der Waals surface area contributed by atoms with Crippen molar-refractivity contribution in [3.05, 3.63) is 52.1 Å². The summed E-state index contributed by atoms with van der Waals surface area (Å²) in [5, 5.41) is 23.2. The van der Waals surface area contributed by atoms with Gasteiger partial charge in [0.2, 0.25) is 5.95 Å². The van der Waals surface area contributed by atoms with E-state index in [1.165, 1.54) is 18.3 Å². The molecule has 0 aliphatic rings. The molecule has 14 nitrogen and oxygen atoms in total. The van der Waals surface area contributed by atoms with Crippen LogP contribution < -0.4 is 51.5 Å². The number of nitrogen functional groups attached to an aromatic ring is 1. The number of anilines is 2. The Morgan fingerprint density at radius 1 is 1.14 bits per heavy atom. The second-order valence-electron chi connectivity index (χ2n) is 6.71. The number of aromatic amines is 1. The van der Waals surface area contributed by atoms with Crippen LogP contribution >= 0.6 is 12.4 Å². The fraction of sp³-hybridized carbons (Fsp3) is 0.211. The predicted molar refractivity (Wildman–Crippen MR) is 124 cm³/mol. The van der Waals surface area contributed by atoms with Crippen molar-refractivity contribution in [2.75, 3.05) is 11.1 Å². The Kier molecular flexibility index (Phi) is 12.8. The van der Waals surface area contributed by atoms with Crippen molar-refractivity contribution in [2.45, 2.75) is 25.4 Å². The third-order valence-electron chi connectivity index (χ3n) is 4.36. The first kappa shape index (κ1) is 31.7. The van der Waals surface area contributed by atoms with Crippen LogP contribution in [0.4, 0.5) is 11.6 Å². The Morgan fingerprint density at radius 2 is 1.80 bits per heavy atom. The van der Waals surface area contributed by atoms with Gasteiger partial charge < -0.3 is 33.5 Å². The molecule has 16 heteroatoms. The van der Waals surface area contributed by atoms with Gasteiger partial charge in [0.05, 0.1) is 18.4 Å². The molecule has 184 valence electrons. The number of nitrogens with zero attached hydrogens (tertiary/aromatic N) is 3. The summed E-state index contributed by atoms with van der Waals surface area (Å²) in [5.74, 6) is -3.16. The number of aliphatic carboxylic acids is 2. The SMILES string of the molecule is Cl.Nc1nc2ncc(CNc3ccc(C(=O)N[C@@H](CCC(=O)O)C(=O)O)cc3)nc2c(=O)[nH]1.O.[H-].[Na+]. The molecule has 0 saturated heterocycles. The fourth-order valence-electron chi connectivity index (χ4n) is 2.75. The number of amides is 1. The minimum Gasteiger partial charge on any atom is -1.00 e. The molecule has 9 N–H and O–H groups in total. The number of rotatable bonds is 9. The van der Waals surface area contributed by atoms with Crippen LogP contribution in [-0.2, 0) is 16.1 Å². The third-order valence-corrected chi connectivity index (χ3v) is 4.36. The maximum Gasteiger partial charge on any atom is 1.00 e. The molecule has 0 spiro atoms. The van der Waals surface area contributed by atoms with Gasteiger partial charge in [-0.25, -0.2) is 14.8 Å². The number of aromatic nitrogens is 4. The molecule has 0 bridgehead atoms. The molecule has 2 aromatic heterocycles. The number of halogens is 1. The van der Waals surface area contributed by atoms with E-state index in [4.69, 9.17) is 15.9 Å². The van der Waals surface area contributed by atoms with E-state index in [9.17, 15) is 19.2 Å². The van der Waals surface area contributed by atoms with Crippen LogP contribution in [0.5, 0.6) is 0 Å². The van der Waals surface area contributed by atoms with Gasteiger partial charge in [-0.15, -0.1) is 12.4 Å². The molecule has 0 unspecified atom stereocenters. The zero-order valence-electron chi connectivity index (χ0n) is 19.4. The molecule has 1 amide bonds. The first-order chi connectivity index (χ1) is 15.2. The van der Waals surface area contributed by atoms with Crippen molar-refractivity contribution in [2.24, 2.45) is 0 Å². The monoisotopic (exact) mass is 519 g/mol. The van der Waals surface area contributed by atoms with E-state index in [1.54, 1.807) is 12.1 Å². The summed E-state index contributed by atoms with van der Waals surface area (Å²) in [7, 11) is 0. The van der Waals surface area contributed by atoms with Gasteiger partial charge in [0, 0.05) is 17.7 Å². The number of nitrogens with two attached hydrogens (primary N) is 1. The van der Waals surface area contributed by atoms with Crippen LogP contribution in [-0.4, -0.2) is 59.5 Å². The number of carbonyl (C=O) groups excluding carboxylic acids is 1. The zero-order chi connectivity index (χ0) is 23.3. The summed E-state index contributed by atoms with van der Waals surface area (Å²) in [6.07, 6.45) is 0.840. The number of benzene rings is 1. The Bertz CT molecular complexity index is 1250. The third kappa shape index (κ3) is 8.77. The molecule has 3 aromatic rings. The van der Waals surface area contributed by atoms with Gasteiger partial charge in [0.25, 0.3) is 11.5 Å². The number of hydrogen-bond donors (Lipinski definition) is 6. The van der Waals surface area contributed by atoms with Gasteiger partial charge in [0.15, 0.2) is 11.2 Å². The summed E-state index contributed by atoms with van der Waals surface area (Å²) in [5.41, 5.74) is 6.47. The number of H-pyrrole nitrogens is 1. The number of carbonyl (C=O) groups is 3. The zero-order valence-corrected chi connectivity index (χ0v) is 21.3. The average Bonchev–Trinajstić information content (AvgIpc) is 2.75. The molecule has 2 heterocycles. The minimum absolute atomic E-state index is 0. The normalized spacial score (nSPS) is 10.6. The van der Waals surface area contributed by atoms with Crippen LogP contribution in [0.25, 0.3) is 11.2 Å². The van der Waals surface area contributed by atoms with Crippen LogP contribution in [0, 0.1) is 0 Å². The smallest absolute Gasteiger partial charge is 1.00 e. The van der Waals surface area contributed by atoms with E-state index in [2.05, 4.69) is 30.6 Å². The van der Waals surface area contributed by atoms with Gasteiger partial charge in [-0.2, -0.15) is 4.98 Å². The van der Waals surface area contributed by atoms with Crippen molar-refractivity contribution in [3.8, 4) is 0 Å². The van der Waals surface area contributed by atoms with Crippen LogP contribution in [0.1, 0.15) is 30.3 Å². The number of hydrogen-bond acceptors (Lipinski definition) is 9. The summed E-state index contributed by atoms with van der Waals surface area (Å²) in [4.78, 5) is 60.6. The summed E-state index contributed by atoms with van der Waals surface area (Å²) in [6, 6.07) is 4.86. The Balaban J connectivity index is 0. The van der Waals surface area contributed by atoms with E-state index >= 15 is 0 Å². The van der Waals surface area contributed by atoms with Gasteiger partial charge in [-0.05, 0) is 30.7 Å². The van der Waals surface area contributed by atoms with Crippen LogP contribution in [0.2, 0.25) is 0 Å². The maximum absolute atomic E-state index is 12.3. The Hall–Kier alpha value is -3.30. The van der Waals surface area contributed by atoms with Gasteiger partial charge in [0.1, 0.15) is 6.04 Å². The molecule has 0 saturated carbocycles. The van der Waals surface area contributed by atoms with Gasteiger partial charge >= 0.3 is 41.5 Å². The topological polar surface area (TPSA) is 245 Å².